The van der Waals surface area contributed by atoms with Gasteiger partial charge in [-0.25, -0.2) is 0 Å². The molecule has 0 radical (unpaired) electrons. The van der Waals surface area contributed by atoms with Crippen molar-refractivity contribution >= 4 is 5.97 Å². The van der Waals surface area contributed by atoms with Crippen molar-refractivity contribution in [2.24, 2.45) is 0 Å². The molecule has 2 aromatic carbocycles. The van der Waals surface area contributed by atoms with E-state index < -0.39 is 5.97 Å². The van der Waals surface area contributed by atoms with Crippen LogP contribution >= 0.6 is 0 Å². The Bertz CT molecular complexity index is 559. The van der Waals surface area contributed by atoms with E-state index in [4.69, 9.17) is 0 Å². The van der Waals surface area contributed by atoms with Gasteiger partial charge in [-0.05, 0) is 36.1 Å². The van der Waals surface area contributed by atoms with E-state index in [0.29, 0.717) is 0 Å². The SMILES string of the molecule is Cc1ccc(C)c(-c2ccc(C(=O)[O-])cc2)c1.[Li+]. The molecule has 0 aromatic heterocycles. The second-order valence-corrected chi connectivity index (χ2v) is 4.18. The minimum atomic E-state index is -1.14. The van der Waals surface area contributed by atoms with E-state index in [2.05, 4.69) is 18.2 Å². The summed E-state index contributed by atoms with van der Waals surface area (Å²) < 4.78 is 0. The molecule has 0 spiro atoms. The number of aryl methyl sites for hydroxylation is 2. The molecule has 0 amide bonds. The number of carboxylic acid groups (broad SMARTS) is 1. The third kappa shape index (κ3) is 3.04. The molecule has 0 bridgehead atoms. The number of hydrogen-bond donors (Lipinski definition) is 0. The smallest absolute Gasteiger partial charge is 0.545 e. The first-order valence-electron chi connectivity index (χ1n) is 5.47. The molecule has 2 aromatic rings. The Morgan fingerprint density at radius 1 is 1.00 bits per heavy atom. The minimum absolute atomic E-state index is 0. The predicted molar refractivity (Wildman–Crippen MR) is 65.7 cm³/mol. The Morgan fingerprint density at radius 2 is 1.61 bits per heavy atom. The van der Waals surface area contributed by atoms with Crippen LogP contribution in [-0.4, -0.2) is 5.97 Å². The van der Waals surface area contributed by atoms with Gasteiger partial charge in [-0.3, -0.25) is 0 Å². The molecule has 0 unspecified atom stereocenters. The molecule has 0 fully saturated rings. The van der Waals surface area contributed by atoms with E-state index in [9.17, 15) is 9.90 Å². The standard InChI is InChI=1S/C15H14O2.Li/c1-10-3-4-11(2)14(9-10)12-5-7-13(8-6-12)15(16)17;/h3-9H,1-2H3,(H,16,17);/q;+1/p-1. The molecule has 2 nitrogen and oxygen atoms in total. The van der Waals surface area contributed by atoms with Gasteiger partial charge in [0.05, 0.1) is 5.97 Å². The summed E-state index contributed by atoms with van der Waals surface area (Å²) >= 11 is 0. The summed E-state index contributed by atoms with van der Waals surface area (Å²) in [6, 6.07) is 13.0. The van der Waals surface area contributed by atoms with E-state index in [-0.39, 0.29) is 24.4 Å². The van der Waals surface area contributed by atoms with Crippen LogP contribution in [0.4, 0.5) is 0 Å². The maximum atomic E-state index is 10.7. The fourth-order valence-electron chi connectivity index (χ4n) is 1.83. The number of carbonyl (C=O) groups excluding carboxylic acids is 1. The second kappa shape index (κ2) is 5.91. The second-order valence-electron chi connectivity index (χ2n) is 4.18. The van der Waals surface area contributed by atoms with E-state index in [1.807, 2.05) is 26.0 Å². The van der Waals surface area contributed by atoms with Crippen molar-refractivity contribution in [1.29, 1.82) is 0 Å². The normalized spacial score (nSPS) is 9.67. The number of benzene rings is 2. The quantitative estimate of drug-likeness (QED) is 0.645. The average Bonchev–Trinajstić information content (AvgIpc) is 2.32. The molecular weight excluding hydrogens is 219 g/mol. The predicted octanol–water partition coefficient (Wildman–Crippen LogP) is -0.662. The molecule has 3 heteroatoms. The van der Waals surface area contributed by atoms with Crippen molar-refractivity contribution in [3.63, 3.8) is 0 Å². The van der Waals surface area contributed by atoms with Gasteiger partial charge in [0.15, 0.2) is 0 Å². The van der Waals surface area contributed by atoms with Crippen LogP contribution in [0.2, 0.25) is 0 Å². The average molecular weight is 232 g/mol. The largest absolute Gasteiger partial charge is 1.00 e. The van der Waals surface area contributed by atoms with Crippen molar-refractivity contribution < 1.29 is 28.8 Å². The third-order valence-corrected chi connectivity index (χ3v) is 2.82. The molecule has 0 heterocycles. The molecule has 0 atom stereocenters. The van der Waals surface area contributed by atoms with Crippen molar-refractivity contribution in [3.05, 3.63) is 59.2 Å². The van der Waals surface area contributed by atoms with Gasteiger partial charge in [0, 0.05) is 0 Å². The zero-order valence-corrected chi connectivity index (χ0v) is 10.9. The summed E-state index contributed by atoms with van der Waals surface area (Å²) in [5.41, 5.74) is 4.73. The van der Waals surface area contributed by atoms with Gasteiger partial charge in [-0.2, -0.15) is 0 Å². The van der Waals surface area contributed by atoms with Crippen LogP contribution in [0.5, 0.6) is 0 Å². The summed E-state index contributed by atoms with van der Waals surface area (Å²) in [6.07, 6.45) is 0. The molecule has 0 aliphatic carbocycles. The van der Waals surface area contributed by atoms with E-state index >= 15 is 0 Å². The van der Waals surface area contributed by atoms with Gasteiger partial charge in [-0.1, -0.05) is 48.0 Å². The fraction of sp³-hybridized carbons (Fsp3) is 0.133. The molecule has 18 heavy (non-hydrogen) atoms. The molecule has 0 saturated heterocycles. The Labute approximate surface area is 119 Å². The fourth-order valence-corrected chi connectivity index (χ4v) is 1.83. The van der Waals surface area contributed by atoms with E-state index in [0.717, 1.165) is 11.1 Å². The van der Waals surface area contributed by atoms with Gasteiger partial charge in [0.2, 0.25) is 0 Å². The van der Waals surface area contributed by atoms with Gasteiger partial charge in [0.1, 0.15) is 0 Å². The molecule has 86 valence electrons. The van der Waals surface area contributed by atoms with Crippen LogP contribution < -0.4 is 24.0 Å². The van der Waals surface area contributed by atoms with Gasteiger partial charge >= 0.3 is 18.9 Å². The van der Waals surface area contributed by atoms with Gasteiger partial charge < -0.3 is 9.90 Å². The van der Waals surface area contributed by atoms with Gasteiger partial charge in [-0.15, -0.1) is 0 Å². The summed E-state index contributed by atoms with van der Waals surface area (Å²) in [4.78, 5) is 10.7. The summed E-state index contributed by atoms with van der Waals surface area (Å²) in [7, 11) is 0. The zero-order chi connectivity index (χ0) is 12.4. The zero-order valence-electron chi connectivity index (χ0n) is 10.9. The van der Waals surface area contributed by atoms with Crippen LogP contribution in [0.3, 0.4) is 0 Å². The van der Waals surface area contributed by atoms with Crippen LogP contribution in [0.1, 0.15) is 21.5 Å². The monoisotopic (exact) mass is 232 g/mol. The number of hydrogen-bond acceptors (Lipinski definition) is 2. The van der Waals surface area contributed by atoms with Crippen LogP contribution in [-0.2, 0) is 0 Å². The molecule has 0 N–H and O–H groups in total. The molecular formula is C15H13LiO2. The Hall–Kier alpha value is -1.49. The maximum Gasteiger partial charge on any atom is 1.00 e. The van der Waals surface area contributed by atoms with Crippen LogP contribution in [0, 0.1) is 13.8 Å². The first kappa shape index (κ1) is 14.6. The van der Waals surface area contributed by atoms with Crippen molar-refractivity contribution in [3.8, 4) is 11.1 Å². The van der Waals surface area contributed by atoms with Crippen LogP contribution in [0.15, 0.2) is 42.5 Å². The van der Waals surface area contributed by atoms with Crippen molar-refractivity contribution in [2.45, 2.75) is 13.8 Å². The maximum absolute atomic E-state index is 10.7. The Kier molecular flexibility index (Phi) is 4.78. The molecule has 0 saturated carbocycles. The summed E-state index contributed by atoms with van der Waals surface area (Å²) in [5.74, 6) is -1.14. The number of rotatable bonds is 2. The number of carbonyl (C=O) groups is 1. The minimum Gasteiger partial charge on any atom is -0.545 e. The first-order valence-corrected chi connectivity index (χ1v) is 5.47. The van der Waals surface area contributed by atoms with E-state index in [1.54, 1.807) is 12.1 Å². The molecule has 0 aliphatic rings. The first-order chi connectivity index (χ1) is 8.08. The number of carboxylic acids is 1. The molecule has 2 rings (SSSR count). The van der Waals surface area contributed by atoms with Crippen molar-refractivity contribution in [2.75, 3.05) is 0 Å². The van der Waals surface area contributed by atoms with Crippen molar-refractivity contribution in [1.82, 2.24) is 0 Å². The number of aromatic carboxylic acids is 1. The topological polar surface area (TPSA) is 40.1 Å². The van der Waals surface area contributed by atoms with E-state index in [1.165, 1.54) is 11.1 Å². The van der Waals surface area contributed by atoms with Gasteiger partial charge in [0.25, 0.3) is 0 Å². The Balaban J connectivity index is 0.00000162. The molecule has 0 aliphatic heterocycles. The summed E-state index contributed by atoms with van der Waals surface area (Å²) in [6.45, 7) is 4.08. The van der Waals surface area contributed by atoms with Crippen LogP contribution in [0.25, 0.3) is 11.1 Å². The third-order valence-electron chi connectivity index (χ3n) is 2.82. The Morgan fingerprint density at radius 3 is 2.17 bits per heavy atom. The summed E-state index contributed by atoms with van der Waals surface area (Å²) in [5, 5.41) is 10.7.